The predicted octanol–water partition coefficient (Wildman–Crippen LogP) is 5.20. The van der Waals surface area contributed by atoms with Crippen LogP contribution >= 0.6 is 34.5 Å². The molecular weight excluding hydrogens is 299 g/mol. The Morgan fingerprint density at radius 3 is 2.79 bits per heavy atom. The Morgan fingerprint density at radius 1 is 1.21 bits per heavy atom. The normalized spacial score (nSPS) is 17.3. The quantitative estimate of drug-likeness (QED) is 0.725. The van der Waals surface area contributed by atoms with Crippen molar-refractivity contribution < 1.29 is 0 Å². The van der Waals surface area contributed by atoms with E-state index in [4.69, 9.17) is 23.2 Å². The summed E-state index contributed by atoms with van der Waals surface area (Å²) < 4.78 is 2.27. The van der Waals surface area contributed by atoms with Crippen molar-refractivity contribution in [1.29, 1.82) is 0 Å². The van der Waals surface area contributed by atoms with Gasteiger partial charge in [0.1, 0.15) is 0 Å². The minimum Gasteiger partial charge on any atom is -0.321 e. The lowest BCUT2D eigenvalue weighted by molar-refractivity contribution is 0.507. The molecular formula is C14H14Cl2N2S. The number of aromatic nitrogens is 1. The van der Waals surface area contributed by atoms with Crippen LogP contribution in [0.4, 0.5) is 5.69 Å². The Labute approximate surface area is 126 Å². The first-order valence-electron chi connectivity index (χ1n) is 6.40. The van der Waals surface area contributed by atoms with E-state index in [0.29, 0.717) is 16.1 Å². The molecule has 0 bridgehead atoms. The summed E-state index contributed by atoms with van der Waals surface area (Å²) in [4.78, 5) is 5.67. The van der Waals surface area contributed by atoms with E-state index in [2.05, 4.69) is 21.1 Å². The number of benzene rings is 1. The Kier molecular flexibility index (Phi) is 3.96. The third kappa shape index (κ3) is 2.73. The fraction of sp³-hybridized carbons (Fsp3) is 0.357. The van der Waals surface area contributed by atoms with Gasteiger partial charge in [-0.1, -0.05) is 42.1 Å². The fourth-order valence-electron chi connectivity index (χ4n) is 2.51. The van der Waals surface area contributed by atoms with Gasteiger partial charge in [-0.25, -0.2) is 4.99 Å². The van der Waals surface area contributed by atoms with Crippen molar-refractivity contribution in [1.82, 2.24) is 4.57 Å². The second-order valence-corrected chi connectivity index (χ2v) is 6.37. The zero-order valence-corrected chi connectivity index (χ0v) is 12.7. The summed E-state index contributed by atoms with van der Waals surface area (Å²) in [6, 6.07) is 6.14. The topological polar surface area (TPSA) is 17.3 Å². The maximum Gasteiger partial charge on any atom is 0.190 e. The van der Waals surface area contributed by atoms with Gasteiger partial charge in [0.05, 0.1) is 15.7 Å². The van der Waals surface area contributed by atoms with Crippen molar-refractivity contribution >= 4 is 40.2 Å². The van der Waals surface area contributed by atoms with Crippen LogP contribution in [-0.4, -0.2) is 4.57 Å². The number of rotatable bonds is 2. The van der Waals surface area contributed by atoms with Gasteiger partial charge in [-0.2, -0.15) is 0 Å². The fourth-order valence-corrected chi connectivity index (χ4v) is 3.64. The Bertz CT molecular complexity index is 639. The molecule has 0 aliphatic heterocycles. The average Bonchev–Trinajstić information content (AvgIpc) is 3.05. The van der Waals surface area contributed by atoms with E-state index in [1.165, 1.54) is 25.7 Å². The summed E-state index contributed by atoms with van der Waals surface area (Å²) in [6.45, 7) is 0. The van der Waals surface area contributed by atoms with Crippen LogP contribution in [0.2, 0.25) is 10.0 Å². The van der Waals surface area contributed by atoms with Crippen molar-refractivity contribution in [2.24, 2.45) is 4.99 Å². The Morgan fingerprint density at radius 2 is 2.00 bits per heavy atom. The van der Waals surface area contributed by atoms with Gasteiger partial charge in [0.2, 0.25) is 0 Å². The minimum atomic E-state index is 0.524. The SMILES string of the molecule is Clc1cccc(N=c2sccn2C2CCCC2)c1Cl. The first kappa shape index (κ1) is 13.2. The van der Waals surface area contributed by atoms with Crippen molar-refractivity contribution in [3.8, 4) is 0 Å². The van der Waals surface area contributed by atoms with Gasteiger partial charge in [-0.05, 0) is 25.0 Å². The van der Waals surface area contributed by atoms with Crippen LogP contribution < -0.4 is 4.80 Å². The van der Waals surface area contributed by atoms with Gasteiger partial charge >= 0.3 is 0 Å². The molecule has 100 valence electrons. The number of halogens is 2. The van der Waals surface area contributed by atoms with E-state index >= 15 is 0 Å². The molecule has 2 aromatic rings. The van der Waals surface area contributed by atoms with Crippen LogP contribution in [0.5, 0.6) is 0 Å². The lowest BCUT2D eigenvalue weighted by Gasteiger charge is -2.10. The van der Waals surface area contributed by atoms with Crippen molar-refractivity contribution in [2.75, 3.05) is 0 Å². The zero-order chi connectivity index (χ0) is 13.2. The largest absolute Gasteiger partial charge is 0.321 e. The maximum absolute atomic E-state index is 6.19. The lowest BCUT2D eigenvalue weighted by atomic mass is 10.2. The smallest absolute Gasteiger partial charge is 0.190 e. The summed E-state index contributed by atoms with van der Waals surface area (Å²) in [5.74, 6) is 0. The Balaban J connectivity index is 2.04. The van der Waals surface area contributed by atoms with E-state index in [1.54, 1.807) is 17.4 Å². The number of hydrogen-bond acceptors (Lipinski definition) is 2. The molecule has 0 spiro atoms. The number of thiazole rings is 1. The standard InChI is InChI=1S/C14H14Cl2N2S/c15-11-6-3-7-12(13(11)16)17-14-18(8-9-19-14)10-4-1-2-5-10/h3,6-10H,1-2,4-5H2. The highest BCUT2D eigenvalue weighted by atomic mass is 35.5. The highest BCUT2D eigenvalue weighted by Crippen LogP contribution is 2.32. The minimum absolute atomic E-state index is 0.524. The monoisotopic (exact) mass is 312 g/mol. The van der Waals surface area contributed by atoms with Crippen molar-refractivity contribution in [2.45, 2.75) is 31.7 Å². The van der Waals surface area contributed by atoms with Crippen LogP contribution in [0.25, 0.3) is 0 Å². The summed E-state index contributed by atoms with van der Waals surface area (Å²) in [5.41, 5.74) is 0.739. The van der Waals surface area contributed by atoms with Gasteiger partial charge in [0.15, 0.2) is 4.80 Å². The third-order valence-electron chi connectivity index (χ3n) is 3.48. The van der Waals surface area contributed by atoms with Crippen molar-refractivity contribution in [3.05, 3.63) is 44.6 Å². The molecule has 1 aliphatic rings. The molecule has 1 saturated carbocycles. The summed E-state index contributed by atoms with van der Waals surface area (Å²) in [7, 11) is 0. The van der Waals surface area contributed by atoms with Gasteiger partial charge < -0.3 is 4.57 Å². The highest BCUT2D eigenvalue weighted by molar-refractivity contribution is 7.07. The Hall–Kier alpha value is -0.770. The molecule has 0 unspecified atom stereocenters. The molecule has 1 aromatic carbocycles. The molecule has 5 heteroatoms. The zero-order valence-electron chi connectivity index (χ0n) is 10.4. The molecule has 19 heavy (non-hydrogen) atoms. The third-order valence-corrected chi connectivity index (χ3v) is 5.06. The van der Waals surface area contributed by atoms with Crippen LogP contribution in [0.3, 0.4) is 0 Å². The molecule has 2 nitrogen and oxygen atoms in total. The van der Waals surface area contributed by atoms with Crippen LogP contribution in [-0.2, 0) is 0 Å². The van der Waals surface area contributed by atoms with E-state index in [-0.39, 0.29) is 0 Å². The first-order valence-corrected chi connectivity index (χ1v) is 8.03. The van der Waals surface area contributed by atoms with E-state index in [0.717, 1.165) is 10.5 Å². The van der Waals surface area contributed by atoms with Crippen molar-refractivity contribution in [3.63, 3.8) is 0 Å². The molecule has 3 rings (SSSR count). The van der Waals surface area contributed by atoms with Crippen LogP contribution in [0.15, 0.2) is 34.8 Å². The molecule has 1 aromatic heterocycles. The van der Waals surface area contributed by atoms with E-state index < -0.39 is 0 Å². The highest BCUT2D eigenvalue weighted by Gasteiger charge is 2.17. The van der Waals surface area contributed by atoms with Gasteiger partial charge in [-0.3, -0.25) is 0 Å². The van der Waals surface area contributed by atoms with Gasteiger partial charge in [0, 0.05) is 17.6 Å². The van der Waals surface area contributed by atoms with Gasteiger partial charge in [0.25, 0.3) is 0 Å². The summed E-state index contributed by atoms with van der Waals surface area (Å²) >= 11 is 13.9. The number of nitrogens with zero attached hydrogens (tertiary/aromatic N) is 2. The molecule has 1 aliphatic carbocycles. The molecule has 0 atom stereocenters. The van der Waals surface area contributed by atoms with Crippen LogP contribution in [0, 0.1) is 0 Å². The lowest BCUT2D eigenvalue weighted by Crippen LogP contribution is -2.17. The molecule has 1 fully saturated rings. The van der Waals surface area contributed by atoms with E-state index in [1.807, 2.05) is 12.1 Å². The second-order valence-electron chi connectivity index (χ2n) is 4.72. The molecule has 0 amide bonds. The predicted molar refractivity (Wildman–Crippen MR) is 81.5 cm³/mol. The summed E-state index contributed by atoms with van der Waals surface area (Å²) in [6.07, 6.45) is 7.23. The summed E-state index contributed by atoms with van der Waals surface area (Å²) in [5, 5.41) is 3.15. The molecule has 0 saturated heterocycles. The van der Waals surface area contributed by atoms with Crippen LogP contribution in [0.1, 0.15) is 31.7 Å². The maximum atomic E-state index is 6.19. The molecule has 0 radical (unpaired) electrons. The average molecular weight is 313 g/mol. The number of hydrogen-bond donors (Lipinski definition) is 0. The van der Waals surface area contributed by atoms with Gasteiger partial charge in [-0.15, -0.1) is 11.3 Å². The van der Waals surface area contributed by atoms with E-state index in [9.17, 15) is 0 Å². The molecule has 1 heterocycles. The second kappa shape index (κ2) is 5.70. The molecule has 0 N–H and O–H groups in total. The first-order chi connectivity index (χ1) is 9.25.